The van der Waals surface area contributed by atoms with Gasteiger partial charge in [0.05, 0.1) is 27.7 Å². The number of nitrogens with zero attached hydrogens (tertiary/aromatic N) is 1. The van der Waals surface area contributed by atoms with Crippen LogP contribution in [0.25, 0.3) is 0 Å². The van der Waals surface area contributed by atoms with E-state index in [-0.39, 0.29) is 34.0 Å². The summed E-state index contributed by atoms with van der Waals surface area (Å²) in [4.78, 5) is 24.9. The first-order valence-electron chi connectivity index (χ1n) is 10.7. The topological polar surface area (TPSA) is 92.8 Å². The lowest BCUT2D eigenvalue weighted by molar-refractivity contribution is -0.129. The number of carbonyl (C=O) groups excluding carboxylic acids is 2. The average Bonchev–Trinajstić information content (AvgIpc) is 3.31. The first-order valence-corrected chi connectivity index (χ1v) is 12.6. The van der Waals surface area contributed by atoms with Crippen molar-refractivity contribution >= 4 is 39.2 Å². The minimum absolute atomic E-state index is 0.0148. The number of esters is 1. The van der Waals surface area contributed by atoms with Crippen molar-refractivity contribution in [1.82, 2.24) is 5.32 Å². The summed E-state index contributed by atoms with van der Waals surface area (Å²) in [5, 5.41) is 3.15. The van der Waals surface area contributed by atoms with Gasteiger partial charge in [-0.25, -0.2) is 13.2 Å². The summed E-state index contributed by atoms with van der Waals surface area (Å²) in [5.74, 6) is -1.15. The summed E-state index contributed by atoms with van der Waals surface area (Å²) < 4.78 is 33.2. The van der Waals surface area contributed by atoms with E-state index in [0.29, 0.717) is 5.69 Å². The number of benzene rings is 2. The second-order valence-electron chi connectivity index (χ2n) is 7.84. The largest absolute Gasteiger partial charge is 0.449 e. The lowest BCUT2D eigenvalue weighted by Gasteiger charge is -2.24. The van der Waals surface area contributed by atoms with Crippen LogP contribution in [0.4, 0.5) is 5.69 Å². The Bertz CT molecular complexity index is 1130. The molecule has 1 aliphatic carbocycles. The molecular weight excluding hydrogens is 464 g/mol. The van der Waals surface area contributed by atoms with E-state index in [4.69, 9.17) is 16.3 Å². The Morgan fingerprint density at radius 2 is 1.91 bits per heavy atom. The molecule has 2 aromatic rings. The first-order chi connectivity index (χ1) is 15.7. The molecule has 1 unspecified atom stereocenters. The average molecular weight is 491 g/mol. The molecule has 176 valence electrons. The highest BCUT2D eigenvalue weighted by atomic mass is 35.5. The van der Waals surface area contributed by atoms with Gasteiger partial charge in [0.25, 0.3) is 15.9 Å². The number of hydrogen-bond acceptors (Lipinski definition) is 5. The number of sulfonamides is 1. The van der Waals surface area contributed by atoms with Crippen molar-refractivity contribution in [3.63, 3.8) is 0 Å². The summed E-state index contributed by atoms with van der Waals surface area (Å²) in [6.45, 7) is 5.11. The molecule has 33 heavy (non-hydrogen) atoms. The van der Waals surface area contributed by atoms with E-state index in [1.807, 2.05) is 0 Å². The molecule has 0 saturated heterocycles. The number of nitrogens with one attached hydrogen (secondary N) is 1. The van der Waals surface area contributed by atoms with Crippen LogP contribution in [0.5, 0.6) is 0 Å². The Morgan fingerprint density at radius 3 is 2.58 bits per heavy atom. The summed E-state index contributed by atoms with van der Waals surface area (Å²) in [5.41, 5.74) is 0.318. The van der Waals surface area contributed by atoms with Gasteiger partial charge in [0.15, 0.2) is 6.10 Å². The van der Waals surface area contributed by atoms with Gasteiger partial charge in [-0.2, -0.15) is 0 Å². The Balaban J connectivity index is 1.79. The molecule has 0 aliphatic heterocycles. The van der Waals surface area contributed by atoms with E-state index in [9.17, 15) is 18.0 Å². The van der Waals surface area contributed by atoms with Crippen molar-refractivity contribution in [3.8, 4) is 0 Å². The van der Waals surface area contributed by atoms with Gasteiger partial charge in [0.1, 0.15) is 0 Å². The van der Waals surface area contributed by atoms with Crippen LogP contribution in [-0.2, 0) is 19.6 Å². The fraction of sp³-hybridized carbons (Fsp3) is 0.333. The maximum absolute atomic E-state index is 13.4. The molecule has 1 saturated carbocycles. The standard InChI is InChI=1S/C24H27ClN2O5S/c1-3-15-27(22-14-7-6-13-21(22)25)33(30,31)20-12-8-9-18(16-20)24(29)32-17(2)23(28)26-19-10-4-5-11-19/h3,6-9,12-14,16-17,19H,1,4-5,10-11,15H2,2H3,(H,26,28). The third kappa shape index (κ3) is 5.94. The van der Waals surface area contributed by atoms with Gasteiger partial charge in [-0.3, -0.25) is 9.10 Å². The predicted molar refractivity (Wildman–Crippen MR) is 128 cm³/mol. The number of halogens is 1. The number of rotatable bonds is 9. The highest BCUT2D eigenvalue weighted by Crippen LogP contribution is 2.30. The maximum atomic E-state index is 13.4. The van der Waals surface area contributed by atoms with Gasteiger partial charge >= 0.3 is 5.97 Å². The number of hydrogen-bond donors (Lipinski definition) is 1. The van der Waals surface area contributed by atoms with Crippen LogP contribution in [0.15, 0.2) is 66.1 Å². The number of amides is 1. The molecule has 2 aromatic carbocycles. The van der Waals surface area contributed by atoms with Crippen LogP contribution in [0.1, 0.15) is 43.0 Å². The van der Waals surface area contributed by atoms with E-state index < -0.39 is 22.1 Å². The molecule has 1 fully saturated rings. The third-order valence-corrected chi connectivity index (χ3v) is 7.52. The summed E-state index contributed by atoms with van der Waals surface area (Å²) in [6, 6.07) is 12.2. The molecule has 9 heteroatoms. The molecule has 1 amide bonds. The van der Waals surface area contributed by atoms with Crippen LogP contribution in [0, 0.1) is 0 Å². The predicted octanol–water partition coefficient (Wildman–Crippen LogP) is 4.33. The van der Waals surface area contributed by atoms with E-state index in [2.05, 4.69) is 11.9 Å². The zero-order valence-electron chi connectivity index (χ0n) is 18.4. The van der Waals surface area contributed by atoms with Crippen molar-refractivity contribution in [2.24, 2.45) is 0 Å². The van der Waals surface area contributed by atoms with Crippen molar-refractivity contribution in [3.05, 3.63) is 71.8 Å². The normalized spacial score (nSPS) is 15.0. The number of para-hydroxylation sites is 1. The molecule has 0 bridgehead atoms. The maximum Gasteiger partial charge on any atom is 0.338 e. The Hall–Kier alpha value is -2.84. The van der Waals surface area contributed by atoms with Crippen molar-refractivity contribution in [2.75, 3.05) is 10.8 Å². The smallest absolute Gasteiger partial charge is 0.338 e. The van der Waals surface area contributed by atoms with Gasteiger partial charge < -0.3 is 10.1 Å². The highest BCUT2D eigenvalue weighted by molar-refractivity contribution is 7.92. The first kappa shape index (κ1) is 24.8. The molecule has 1 atom stereocenters. The second-order valence-corrected chi connectivity index (χ2v) is 10.1. The Labute approximate surface area is 199 Å². The molecule has 0 aromatic heterocycles. The van der Waals surface area contributed by atoms with Gasteiger partial charge in [0, 0.05) is 6.04 Å². The quantitative estimate of drug-likeness (QED) is 0.417. The fourth-order valence-electron chi connectivity index (χ4n) is 3.68. The van der Waals surface area contributed by atoms with Crippen molar-refractivity contribution in [2.45, 2.75) is 49.6 Å². The van der Waals surface area contributed by atoms with Crippen LogP contribution in [0.3, 0.4) is 0 Å². The minimum atomic E-state index is -4.06. The van der Waals surface area contributed by atoms with Gasteiger partial charge in [-0.05, 0) is 50.1 Å². The van der Waals surface area contributed by atoms with E-state index in [1.165, 1.54) is 37.3 Å². The van der Waals surface area contributed by atoms with Crippen LogP contribution < -0.4 is 9.62 Å². The summed E-state index contributed by atoms with van der Waals surface area (Å²) >= 11 is 6.23. The molecule has 0 radical (unpaired) electrons. The second kappa shape index (κ2) is 10.9. The van der Waals surface area contributed by atoms with Gasteiger partial charge in [-0.1, -0.05) is 48.7 Å². The minimum Gasteiger partial charge on any atom is -0.449 e. The Kier molecular flexibility index (Phi) is 8.15. The van der Waals surface area contributed by atoms with Crippen LogP contribution in [-0.4, -0.2) is 39.0 Å². The molecule has 3 rings (SSSR count). The third-order valence-electron chi connectivity index (χ3n) is 5.43. The molecule has 1 aliphatic rings. The molecule has 1 N–H and O–H groups in total. The summed E-state index contributed by atoms with van der Waals surface area (Å²) in [7, 11) is -4.06. The number of carbonyl (C=O) groups is 2. The SMILES string of the molecule is C=CCN(c1ccccc1Cl)S(=O)(=O)c1cccc(C(=O)OC(C)C(=O)NC2CCCC2)c1. The Morgan fingerprint density at radius 1 is 1.21 bits per heavy atom. The van der Waals surface area contributed by atoms with E-state index >= 15 is 0 Å². The van der Waals surface area contributed by atoms with Crippen LogP contribution in [0.2, 0.25) is 5.02 Å². The molecular formula is C24H27ClN2O5S. The monoisotopic (exact) mass is 490 g/mol. The van der Waals surface area contributed by atoms with Crippen molar-refractivity contribution in [1.29, 1.82) is 0 Å². The van der Waals surface area contributed by atoms with Crippen LogP contribution >= 0.6 is 11.6 Å². The summed E-state index contributed by atoms with van der Waals surface area (Å²) in [6.07, 6.45) is 4.41. The fourth-order valence-corrected chi connectivity index (χ4v) is 5.47. The van der Waals surface area contributed by atoms with Gasteiger partial charge in [0.2, 0.25) is 0 Å². The molecule has 7 nitrogen and oxygen atoms in total. The molecule has 0 spiro atoms. The number of ether oxygens (including phenoxy) is 1. The van der Waals surface area contributed by atoms with E-state index in [0.717, 1.165) is 30.0 Å². The number of anilines is 1. The zero-order valence-corrected chi connectivity index (χ0v) is 19.9. The van der Waals surface area contributed by atoms with Crippen molar-refractivity contribution < 1.29 is 22.7 Å². The molecule has 0 heterocycles. The van der Waals surface area contributed by atoms with Gasteiger partial charge in [-0.15, -0.1) is 6.58 Å². The lowest BCUT2D eigenvalue weighted by atomic mass is 10.2. The van der Waals surface area contributed by atoms with E-state index in [1.54, 1.807) is 24.3 Å². The lowest BCUT2D eigenvalue weighted by Crippen LogP contribution is -2.40. The highest BCUT2D eigenvalue weighted by Gasteiger charge is 2.28. The zero-order chi connectivity index (χ0) is 24.0.